The molecule has 2 nitrogen and oxygen atoms in total. The molecule has 0 saturated carbocycles. The van der Waals surface area contributed by atoms with Crippen molar-refractivity contribution in [2.24, 2.45) is 4.99 Å². The molecule has 1 aromatic rings. The first-order chi connectivity index (χ1) is 7.01. The van der Waals surface area contributed by atoms with Crippen LogP contribution in [0.15, 0.2) is 34.2 Å². The Balaban J connectivity index is 2.68. The molecule has 1 aromatic carbocycles. The summed E-state index contributed by atoms with van der Waals surface area (Å²) in [7, 11) is 0. The molecule has 1 rings (SSSR count). The van der Waals surface area contributed by atoms with Crippen LogP contribution in [-0.4, -0.2) is 11.6 Å². The van der Waals surface area contributed by atoms with Crippen LogP contribution >= 0.6 is 11.8 Å². The summed E-state index contributed by atoms with van der Waals surface area (Å²) in [6, 6.07) is 5.67. The van der Waals surface area contributed by atoms with Crippen LogP contribution in [0.2, 0.25) is 0 Å². The summed E-state index contributed by atoms with van der Waals surface area (Å²) >= 11 is -0.175. The van der Waals surface area contributed by atoms with E-state index in [9.17, 15) is 18.0 Å². The number of isocyanates is 1. The molecule has 15 heavy (non-hydrogen) atoms. The van der Waals surface area contributed by atoms with E-state index in [4.69, 9.17) is 0 Å². The topological polar surface area (TPSA) is 29.4 Å². The Morgan fingerprint density at radius 1 is 1.27 bits per heavy atom. The van der Waals surface area contributed by atoms with Gasteiger partial charge in [0.2, 0.25) is 6.08 Å². The predicted octanol–water partition coefficient (Wildman–Crippen LogP) is 3.13. The van der Waals surface area contributed by atoms with Crippen LogP contribution in [0.4, 0.5) is 13.2 Å². The molecule has 0 N–H and O–H groups in total. The number of hydrogen-bond donors (Lipinski definition) is 0. The molecule has 0 bridgehead atoms. The van der Waals surface area contributed by atoms with Crippen molar-refractivity contribution < 1.29 is 18.0 Å². The quantitative estimate of drug-likeness (QED) is 0.456. The van der Waals surface area contributed by atoms with Gasteiger partial charge in [0.1, 0.15) is 0 Å². The summed E-state index contributed by atoms with van der Waals surface area (Å²) in [5, 5.41) is 0. The summed E-state index contributed by atoms with van der Waals surface area (Å²) in [4.78, 5) is 13.2. The number of halogens is 3. The average molecular weight is 233 g/mol. The lowest BCUT2D eigenvalue weighted by Crippen LogP contribution is -1.98. The highest BCUT2D eigenvalue weighted by Gasteiger charge is 2.28. The second kappa shape index (κ2) is 5.00. The van der Waals surface area contributed by atoms with E-state index in [0.29, 0.717) is 5.56 Å². The molecule has 0 aliphatic rings. The Morgan fingerprint density at radius 3 is 2.33 bits per heavy atom. The third-order valence-corrected chi connectivity index (χ3v) is 2.22. The van der Waals surface area contributed by atoms with Crippen molar-refractivity contribution in [2.45, 2.75) is 16.9 Å². The van der Waals surface area contributed by atoms with E-state index in [0.717, 1.165) is 0 Å². The highest BCUT2D eigenvalue weighted by Crippen LogP contribution is 2.36. The second-order valence-electron chi connectivity index (χ2n) is 2.60. The highest BCUT2D eigenvalue weighted by molar-refractivity contribution is 8.00. The van der Waals surface area contributed by atoms with Crippen LogP contribution in [0.3, 0.4) is 0 Å². The van der Waals surface area contributed by atoms with E-state index < -0.39 is 5.51 Å². The summed E-state index contributed by atoms with van der Waals surface area (Å²) in [6.07, 6.45) is 1.36. The number of aliphatic imine (C=N–C) groups is 1. The number of hydrogen-bond acceptors (Lipinski definition) is 3. The van der Waals surface area contributed by atoms with E-state index in [2.05, 4.69) is 4.99 Å². The molecule has 0 aliphatic heterocycles. The maximum absolute atomic E-state index is 11.9. The van der Waals surface area contributed by atoms with Gasteiger partial charge >= 0.3 is 5.51 Å². The van der Waals surface area contributed by atoms with Crippen molar-refractivity contribution in [1.82, 2.24) is 0 Å². The first-order valence-electron chi connectivity index (χ1n) is 3.89. The minimum absolute atomic E-state index is 0.112. The summed E-state index contributed by atoms with van der Waals surface area (Å²) in [5.41, 5.74) is -3.60. The highest BCUT2D eigenvalue weighted by atomic mass is 32.2. The van der Waals surface area contributed by atoms with E-state index in [1.54, 1.807) is 0 Å². The monoisotopic (exact) mass is 233 g/mol. The SMILES string of the molecule is O=C=NCc1ccc(SC(F)(F)F)cc1. The number of rotatable bonds is 3. The third kappa shape index (κ3) is 4.67. The predicted molar refractivity (Wildman–Crippen MR) is 50.2 cm³/mol. The minimum atomic E-state index is -4.28. The van der Waals surface area contributed by atoms with Crippen molar-refractivity contribution in [3.63, 3.8) is 0 Å². The van der Waals surface area contributed by atoms with Crippen LogP contribution in [-0.2, 0) is 11.3 Å². The molecule has 0 heterocycles. The van der Waals surface area contributed by atoms with Gasteiger partial charge in [-0.05, 0) is 29.5 Å². The van der Waals surface area contributed by atoms with Gasteiger partial charge in [-0.2, -0.15) is 13.2 Å². The number of thioether (sulfide) groups is 1. The van der Waals surface area contributed by atoms with E-state index >= 15 is 0 Å². The number of benzene rings is 1. The molecule has 0 radical (unpaired) electrons. The van der Waals surface area contributed by atoms with Crippen molar-refractivity contribution in [3.8, 4) is 0 Å². The van der Waals surface area contributed by atoms with Gasteiger partial charge in [-0.15, -0.1) is 0 Å². The first-order valence-corrected chi connectivity index (χ1v) is 4.71. The van der Waals surface area contributed by atoms with Crippen LogP contribution in [0.1, 0.15) is 5.56 Å². The van der Waals surface area contributed by atoms with Crippen LogP contribution in [0, 0.1) is 0 Å². The lowest BCUT2D eigenvalue weighted by molar-refractivity contribution is -0.0328. The zero-order valence-corrected chi connectivity index (χ0v) is 8.23. The van der Waals surface area contributed by atoms with E-state index in [1.807, 2.05) is 0 Å². The molecule has 6 heteroatoms. The largest absolute Gasteiger partial charge is 0.446 e. The van der Waals surface area contributed by atoms with Crippen LogP contribution < -0.4 is 0 Å². The second-order valence-corrected chi connectivity index (χ2v) is 3.74. The summed E-state index contributed by atoms with van der Waals surface area (Å²) in [5.74, 6) is 0. The van der Waals surface area contributed by atoms with Crippen molar-refractivity contribution in [3.05, 3.63) is 29.8 Å². The minimum Gasteiger partial charge on any atom is -0.211 e. The molecule has 0 fully saturated rings. The maximum Gasteiger partial charge on any atom is 0.446 e. The molecular weight excluding hydrogens is 227 g/mol. The smallest absolute Gasteiger partial charge is 0.211 e. The van der Waals surface area contributed by atoms with Crippen molar-refractivity contribution in [2.75, 3.05) is 0 Å². The fourth-order valence-electron chi connectivity index (χ4n) is 0.920. The standard InChI is InChI=1S/C9H6F3NOS/c10-9(11,12)15-8-3-1-7(2-4-8)5-13-6-14/h1-4H,5H2. The van der Waals surface area contributed by atoms with Gasteiger partial charge in [0.15, 0.2) is 0 Å². The Morgan fingerprint density at radius 2 is 1.87 bits per heavy atom. The molecular formula is C9H6F3NOS. The number of carbonyl (C=O) groups excluding carboxylic acids is 1. The normalized spacial score (nSPS) is 10.9. The lowest BCUT2D eigenvalue weighted by atomic mass is 10.2. The third-order valence-electron chi connectivity index (χ3n) is 1.48. The Bertz CT molecular complexity index is 368. The molecule has 0 unspecified atom stereocenters. The first kappa shape index (κ1) is 11.8. The molecule has 0 aromatic heterocycles. The van der Waals surface area contributed by atoms with Gasteiger partial charge in [0, 0.05) is 4.90 Å². The number of alkyl halides is 3. The lowest BCUT2D eigenvalue weighted by Gasteiger charge is -2.05. The van der Waals surface area contributed by atoms with Gasteiger partial charge in [-0.1, -0.05) is 12.1 Å². The van der Waals surface area contributed by atoms with Gasteiger partial charge in [0.05, 0.1) is 6.54 Å². The Labute approximate surface area is 88.2 Å². The Kier molecular flexibility index (Phi) is 3.94. The molecule has 0 amide bonds. The van der Waals surface area contributed by atoms with Crippen molar-refractivity contribution in [1.29, 1.82) is 0 Å². The number of nitrogens with zero attached hydrogens (tertiary/aromatic N) is 1. The molecule has 0 atom stereocenters. The van der Waals surface area contributed by atoms with Gasteiger partial charge in [-0.3, -0.25) is 0 Å². The molecule has 0 spiro atoms. The zero-order chi connectivity index (χ0) is 11.3. The zero-order valence-electron chi connectivity index (χ0n) is 7.41. The molecule has 80 valence electrons. The molecule has 0 aliphatic carbocycles. The maximum atomic E-state index is 11.9. The average Bonchev–Trinajstić information content (AvgIpc) is 2.14. The van der Waals surface area contributed by atoms with Crippen LogP contribution in [0.25, 0.3) is 0 Å². The van der Waals surface area contributed by atoms with Gasteiger partial charge in [-0.25, -0.2) is 9.79 Å². The fraction of sp³-hybridized carbons (Fsp3) is 0.222. The van der Waals surface area contributed by atoms with Gasteiger partial charge < -0.3 is 0 Å². The van der Waals surface area contributed by atoms with Gasteiger partial charge in [0.25, 0.3) is 0 Å². The van der Waals surface area contributed by atoms with E-state index in [1.165, 1.54) is 30.3 Å². The van der Waals surface area contributed by atoms with E-state index in [-0.39, 0.29) is 23.2 Å². The summed E-state index contributed by atoms with van der Waals surface area (Å²) in [6.45, 7) is 0.139. The Hall–Kier alpha value is -1.26. The fourth-order valence-corrected chi connectivity index (χ4v) is 1.46. The van der Waals surface area contributed by atoms with Crippen molar-refractivity contribution >= 4 is 17.8 Å². The van der Waals surface area contributed by atoms with Crippen LogP contribution in [0.5, 0.6) is 0 Å². The molecule has 0 saturated heterocycles. The summed E-state index contributed by atoms with van der Waals surface area (Å²) < 4.78 is 35.8.